The van der Waals surface area contributed by atoms with Crippen LogP contribution < -0.4 is 5.32 Å². The molecule has 3 heteroatoms. The molecule has 102 valence electrons. The summed E-state index contributed by atoms with van der Waals surface area (Å²) in [6.07, 6.45) is 3.47. The molecule has 0 aliphatic heterocycles. The molecule has 0 spiro atoms. The maximum atomic E-state index is 13.5. The van der Waals surface area contributed by atoms with Crippen molar-refractivity contribution in [2.24, 2.45) is 17.8 Å². The summed E-state index contributed by atoms with van der Waals surface area (Å²) in [5, 5.41) is 2.99. The molecule has 1 aromatic rings. The number of hydrogen-bond acceptors (Lipinski definition) is 1. The quantitative estimate of drug-likeness (QED) is 0.890. The Morgan fingerprint density at radius 1 is 1.21 bits per heavy atom. The molecule has 0 heterocycles. The first kappa shape index (κ1) is 12.6. The molecular weight excluding hydrogens is 241 g/mol. The van der Waals surface area contributed by atoms with Crippen LogP contribution in [0.4, 0.5) is 4.39 Å². The molecule has 1 amide bonds. The molecule has 0 saturated heterocycles. The van der Waals surface area contributed by atoms with E-state index in [4.69, 9.17) is 0 Å². The molecule has 2 unspecified atom stereocenters. The van der Waals surface area contributed by atoms with E-state index >= 15 is 0 Å². The first-order valence-corrected chi connectivity index (χ1v) is 7.08. The summed E-state index contributed by atoms with van der Waals surface area (Å²) in [6, 6.07) is 3.63. The maximum Gasteiger partial charge on any atom is 0.223 e. The van der Waals surface area contributed by atoms with Gasteiger partial charge in [0, 0.05) is 12.5 Å². The summed E-state index contributed by atoms with van der Waals surface area (Å²) in [6.45, 7) is 4.03. The minimum Gasteiger partial charge on any atom is -0.352 e. The third-order valence-corrected chi connectivity index (χ3v) is 4.58. The van der Waals surface area contributed by atoms with Crippen LogP contribution in [0.15, 0.2) is 12.1 Å². The average Bonchev–Trinajstić information content (AvgIpc) is 2.99. The van der Waals surface area contributed by atoms with Crippen LogP contribution in [0.2, 0.25) is 0 Å². The highest BCUT2D eigenvalue weighted by atomic mass is 19.1. The first-order valence-electron chi connectivity index (χ1n) is 7.08. The van der Waals surface area contributed by atoms with E-state index in [-0.39, 0.29) is 17.6 Å². The van der Waals surface area contributed by atoms with E-state index in [1.54, 1.807) is 13.8 Å². The lowest BCUT2D eigenvalue weighted by Gasteiger charge is -2.13. The molecule has 0 aromatic heterocycles. The third-order valence-electron chi connectivity index (χ3n) is 4.58. The normalized spacial score (nSPS) is 28.1. The number of nitrogens with one attached hydrogen (secondary N) is 1. The Balaban J connectivity index is 1.58. The summed E-state index contributed by atoms with van der Waals surface area (Å²) in [5.74, 6) is 1.89. The highest BCUT2D eigenvalue weighted by Gasteiger charge is 2.47. The number of benzene rings is 1. The van der Waals surface area contributed by atoms with Gasteiger partial charge >= 0.3 is 0 Å². The molecule has 2 fully saturated rings. The van der Waals surface area contributed by atoms with Crippen molar-refractivity contribution in [2.45, 2.75) is 39.7 Å². The number of rotatable bonds is 3. The van der Waals surface area contributed by atoms with Crippen molar-refractivity contribution < 1.29 is 9.18 Å². The van der Waals surface area contributed by atoms with Gasteiger partial charge in [0.05, 0.1) is 0 Å². The lowest BCUT2D eigenvalue weighted by molar-refractivity contribution is -0.125. The number of fused-ring (bicyclic) bond motifs is 1. The summed E-state index contributed by atoms with van der Waals surface area (Å²) in [7, 11) is 0. The van der Waals surface area contributed by atoms with E-state index in [0.717, 1.165) is 30.2 Å². The van der Waals surface area contributed by atoms with Gasteiger partial charge in [-0.1, -0.05) is 12.1 Å². The predicted molar refractivity (Wildman–Crippen MR) is 72.0 cm³/mol. The second-order valence-corrected chi connectivity index (χ2v) is 6.19. The number of hydrogen-bond donors (Lipinski definition) is 1. The van der Waals surface area contributed by atoms with E-state index in [0.29, 0.717) is 17.7 Å². The Morgan fingerprint density at radius 3 is 2.37 bits per heavy atom. The molecule has 0 bridgehead atoms. The van der Waals surface area contributed by atoms with Gasteiger partial charge in [-0.2, -0.15) is 0 Å². The van der Waals surface area contributed by atoms with Gasteiger partial charge in [0.1, 0.15) is 5.82 Å². The minimum atomic E-state index is -0.147. The summed E-state index contributed by atoms with van der Waals surface area (Å²) in [5.41, 5.74) is 2.27. The molecule has 2 saturated carbocycles. The van der Waals surface area contributed by atoms with Crippen molar-refractivity contribution in [3.05, 3.63) is 34.6 Å². The van der Waals surface area contributed by atoms with Crippen molar-refractivity contribution in [3.63, 3.8) is 0 Å². The van der Waals surface area contributed by atoms with Crippen LogP contribution in [-0.4, -0.2) is 5.91 Å². The monoisotopic (exact) mass is 261 g/mol. The van der Waals surface area contributed by atoms with Crippen LogP contribution >= 0.6 is 0 Å². The van der Waals surface area contributed by atoms with Gasteiger partial charge in [-0.3, -0.25) is 4.79 Å². The molecule has 1 N–H and O–H groups in total. The van der Waals surface area contributed by atoms with Gasteiger partial charge in [0.2, 0.25) is 5.91 Å². The molecule has 0 radical (unpaired) electrons. The third kappa shape index (κ3) is 2.51. The van der Waals surface area contributed by atoms with Crippen LogP contribution in [0.25, 0.3) is 0 Å². The van der Waals surface area contributed by atoms with Gasteiger partial charge < -0.3 is 5.32 Å². The molecule has 2 aliphatic rings. The molecule has 2 nitrogen and oxygen atoms in total. The second kappa shape index (κ2) is 4.62. The van der Waals surface area contributed by atoms with Crippen molar-refractivity contribution in [2.75, 3.05) is 0 Å². The van der Waals surface area contributed by atoms with E-state index in [1.807, 2.05) is 12.1 Å². The van der Waals surface area contributed by atoms with E-state index in [9.17, 15) is 9.18 Å². The Kier molecular flexibility index (Phi) is 3.08. The van der Waals surface area contributed by atoms with Crippen LogP contribution in [-0.2, 0) is 11.3 Å². The van der Waals surface area contributed by atoms with Crippen molar-refractivity contribution in [3.8, 4) is 0 Å². The van der Waals surface area contributed by atoms with Crippen molar-refractivity contribution >= 4 is 5.91 Å². The Labute approximate surface area is 113 Å². The second-order valence-electron chi connectivity index (χ2n) is 6.19. The minimum absolute atomic E-state index is 0.147. The number of carbonyl (C=O) groups excluding carboxylic acids is 1. The van der Waals surface area contributed by atoms with E-state index < -0.39 is 0 Å². The maximum absolute atomic E-state index is 13.5. The Morgan fingerprint density at radius 2 is 1.79 bits per heavy atom. The zero-order valence-electron chi connectivity index (χ0n) is 11.5. The fraction of sp³-hybridized carbons (Fsp3) is 0.562. The highest BCUT2D eigenvalue weighted by Crippen LogP contribution is 2.54. The SMILES string of the molecule is Cc1cc(CNC(=O)C2CC3CC3C2)cc(C)c1F. The number of aryl methyl sites for hydroxylation is 2. The fourth-order valence-electron chi connectivity index (χ4n) is 3.40. The molecule has 19 heavy (non-hydrogen) atoms. The summed E-state index contributed by atoms with van der Waals surface area (Å²) in [4.78, 5) is 12.0. The van der Waals surface area contributed by atoms with E-state index in [1.165, 1.54) is 6.42 Å². The topological polar surface area (TPSA) is 29.1 Å². The number of amides is 1. The molecular formula is C16H20FNO. The molecule has 1 aromatic carbocycles. The smallest absolute Gasteiger partial charge is 0.223 e. The summed E-state index contributed by atoms with van der Waals surface area (Å²) < 4.78 is 13.5. The Hall–Kier alpha value is -1.38. The van der Waals surface area contributed by atoms with Crippen LogP contribution in [0.5, 0.6) is 0 Å². The van der Waals surface area contributed by atoms with Gasteiger partial charge in [0.25, 0.3) is 0 Å². The zero-order chi connectivity index (χ0) is 13.6. The van der Waals surface area contributed by atoms with Crippen molar-refractivity contribution in [1.82, 2.24) is 5.32 Å². The molecule has 2 aliphatic carbocycles. The zero-order valence-corrected chi connectivity index (χ0v) is 11.5. The first-order chi connectivity index (χ1) is 9.04. The fourth-order valence-corrected chi connectivity index (χ4v) is 3.40. The molecule has 3 rings (SSSR count). The highest BCUT2D eigenvalue weighted by molar-refractivity contribution is 5.79. The van der Waals surface area contributed by atoms with Crippen LogP contribution in [0, 0.1) is 37.4 Å². The van der Waals surface area contributed by atoms with Gasteiger partial charge in [-0.15, -0.1) is 0 Å². The van der Waals surface area contributed by atoms with Crippen LogP contribution in [0.1, 0.15) is 36.0 Å². The van der Waals surface area contributed by atoms with Gasteiger partial charge in [0.15, 0.2) is 0 Å². The predicted octanol–water partition coefficient (Wildman–Crippen LogP) is 3.10. The van der Waals surface area contributed by atoms with E-state index in [2.05, 4.69) is 5.32 Å². The largest absolute Gasteiger partial charge is 0.352 e. The lowest BCUT2D eigenvalue weighted by Crippen LogP contribution is -2.29. The van der Waals surface area contributed by atoms with Gasteiger partial charge in [-0.05, 0) is 61.6 Å². The van der Waals surface area contributed by atoms with Crippen molar-refractivity contribution in [1.29, 1.82) is 0 Å². The Bertz CT molecular complexity index is 492. The standard InChI is InChI=1S/C16H20FNO/c1-9-3-11(4-10(2)15(9)17)8-18-16(19)14-6-12-5-13(12)7-14/h3-4,12-14H,5-8H2,1-2H3,(H,18,19). The molecule has 2 atom stereocenters. The average molecular weight is 261 g/mol. The van der Waals surface area contributed by atoms with Crippen LogP contribution in [0.3, 0.4) is 0 Å². The summed E-state index contributed by atoms with van der Waals surface area (Å²) >= 11 is 0. The number of halogens is 1. The van der Waals surface area contributed by atoms with Gasteiger partial charge in [-0.25, -0.2) is 4.39 Å². The lowest BCUT2D eigenvalue weighted by atomic mass is 10.0. The number of carbonyl (C=O) groups is 1.